The number of amides is 1. The van der Waals surface area contributed by atoms with E-state index < -0.39 is 0 Å². The molecular formula is C14H14N2O3. The molecule has 2 rings (SSSR count). The third-order valence-electron chi connectivity index (χ3n) is 2.44. The maximum atomic E-state index is 11.9. The van der Waals surface area contributed by atoms with E-state index >= 15 is 0 Å². The molecule has 0 unspecified atom stereocenters. The molecule has 0 saturated carbocycles. The van der Waals surface area contributed by atoms with E-state index in [2.05, 4.69) is 10.3 Å². The Morgan fingerprint density at radius 1 is 1.26 bits per heavy atom. The zero-order chi connectivity index (χ0) is 13.7. The Morgan fingerprint density at radius 2 is 2.00 bits per heavy atom. The molecular weight excluding hydrogens is 244 g/mol. The first-order chi connectivity index (χ1) is 9.19. The normalized spacial score (nSPS) is 9.95. The smallest absolute Gasteiger partial charge is 0.272 e. The fourth-order valence-corrected chi connectivity index (χ4v) is 1.58. The molecule has 0 atom stereocenters. The Balaban J connectivity index is 2.08. The van der Waals surface area contributed by atoms with Crippen LogP contribution in [0.4, 0.5) is 5.69 Å². The van der Waals surface area contributed by atoms with Gasteiger partial charge in [0.1, 0.15) is 11.4 Å². The summed E-state index contributed by atoms with van der Waals surface area (Å²) in [6.07, 6.45) is 1.44. The predicted octanol–water partition coefficient (Wildman–Crippen LogP) is 2.03. The second-order valence-electron chi connectivity index (χ2n) is 3.85. The second-order valence-corrected chi connectivity index (χ2v) is 3.85. The molecule has 0 aliphatic rings. The highest BCUT2D eigenvalue weighted by Crippen LogP contribution is 2.15. The molecule has 1 aromatic carbocycles. The number of anilines is 1. The number of aromatic amines is 1. The van der Waals surface area contributed by atoms with Crippen molar-refractivity contribution < 1.29 is 9.53 Å². The standard InChI is InChI=1S/C14H14N2O3/c1-2-19-12-5-3-10(4-6-12)16-14(18)13-9-11(17)7-8-15-13/h3-9H,2H2,1H3,(H,15,17)(H,16,18). The Morgan fingerprint density at radius 3 is 2.63 bits per heavy atom. The highest BCUT2D eigenvalue weighted by Gasteiger charge is 2.06. The topological polar surface area (TPSA) is 71.2 Å². The molecule has 2 aromatic rings. The zero-order valence-corrected chi connectivity index (χ0v) is 10.5. The number of ether oxygens (including phenoxy) is 1. The Labute approximate surface area is 110 Å². The molecule has 1 aromatic heterocycles. The molecule has 0 spiro atoms. The number of aromatic nitrogens is 1. The fourth-order valence-electron chi connectivity index (χ4n) is 1.58. The van der Waals surface area contributed by atoms with Gasteiger partial charge in [-0.1, -0.05) is 0 Å². The van der Waals surface area contributed by atoms with Crippen molar-refractivity contribution in [3.05, 3.63) is 58.5 Å². The first-order valence-electron chi connectivity index (χ1n) is 5.92. The van der Waals surface area contributed by atoms with Crippen molar-refractivity contribution in [2.45, 2.75) is 6.92 Å². The van der Waals surface area contributed by atoms with Crippen LogP contribution < -0.4 is 15.5 Å². The number of carbonyl (C=O) groups excluding carboxylic acids is 1. The molecule has 98 valence electrons. The van der Waals surface area contributed by atoms with E-state index in [4.69, 9.17) is 4.74 Å². The molecule has 5 nitrogen and oxygen atoms in total. The van der Waals surface area contributed by atoms with Gasteiger partial charge in [0.15, 0.2) is 5.43 Å². The van der Waals surface area contributed by atoms with E-state index in [9.17, 15) is 9.59 Å². The van der Waals surface area contributed by atoms with Crippen LogP contribution in [0.3, 0.4) is 0 Å². The monoisotopic (exact) mass is 258 g/mol. The summed E-state index contributed by atoms with van der Waals surface area (Å²) >= 11 is 0. The van der Waals surface area contributed by atoms with Gasteiger partial charge in [0.05, 0.1) is 6.61 Å². The molecule has 5 heteroatoms. The van der Waals surface area contributed by atoms with Gasteiger partial charge in [-0.2, -0.15) is 0 Å². The van der Waals surface area contributed by atoms with E-state index in [1.54, 1.807) is 24.3 Å². The van der Waals surface area contributed by atoms with Crippen molar-refractivity contribution in [2.75, 3.05) is 11.9 Å². The van der Waals surface area contributed by atoms with E-state index in [0.29, 0.717) is 12.3 Å². The summed E-state index contributed by atoms with van der Waals surface area (Å²) in [5.74, 6) is 0.385. The van der Waals surface area contributed by atoms with Crippen LogP contribution in [0.15, 0.2) is 47.4 Å². The fraction of sp³-hybridized carbons (Fsp3) is 0.143. The summed E-state index contributed by atoms with van der Waals surface area (Å²) < 4.78 is 5.31. The van der Waals surface area contributed by atoms with Crippen molar-refractivity contribution in [1.29, 1.82) is 0 Å². The molecule has 1 heterocycles. The van der Waals surface area contributed by atoms with Gasteiger partial charge in [-0.3, -0.25) is 9.59 Å². The lowest BCUT2D eigenvalue weighted by atomic mass is 10.2. The summed E-state index contributed by atoms with van der Waals surface area (Å²) in [6.45, 7) is 2.50. The average molecular weight is 258 g/mol. The van der Waals surface area contributed by atoms with Gasteiger partial charge in [0.2, 0.25) is 0 Å². The first-order valence-corrected chi connectivity index (χ1v) is 5.92. The van der Waals surface area contributed by atoms with Crippen LogP contribution in [-0.4, -0.2) is 17.5 Å². The third kappa shape index (κ3) is 3.45. The molecule has 0 saturated heterocycles. The minimum atomic E-state index is -0.359. The minimum Gasteiger partial charge on any atom is -0.494 e. The van der Waals surface area contributed by atoms with Crippen LogP contribution >= 0.6 is 0 Å². The van der Waals surface area contributed by atoms with Gasteiger partial charge in [0.25, 0.3) is 5.91 Å². The van der Waals surface area contributed by atoms with E-state index in [1.165, 1.54) is 18.3 Å². The third-order valence-corrected chi connectivity index (χ3v) is 2.44. The Bertz CT molecular complexity index is 617. The molecule has 0 aliphatic carbocycles. The van der Waals surface area contributed by atoms with Gasteiger partial charge < -0.3 is 15.0 Å². The molecule has 0 radical (unpaired) electrons. The maximum Gasteiger partial charge on any atom is 0.272 e. The SMILES string of the molecule is CCOc1ccc(NC(=O)c2cc(=O)cc[nH]2)cc1. The molecule has 0 bridgehead atoms. The number of pyridine rings is 1. The molecule has 0 fully saturated rings. The maximum absolute atomic E-state index is 11.9. The van der Waals surface area contributed by atoms with Crippen molar-refractivity contribution in [3.8, 4) is 5.75 Å². The Hall–Kier alpha value is -2.56. The average Bonchev–Trinajstić information content (AvgIpc) is 2.41. The molecule has 1 amide bonds. The van der Waals surface area contributed by atoms with Crippen molar-refractivity contribution in [2.24, 2.45) is 0 Å². The zero-order valence-electron chi connectivity index (χ0n) is 10.5. The second kappa shape index (κ2) is 5.86. The van der Waals surface area contributed by atoms with Crippen molar-refractivity contribution in [3.63, 3.8) is 0 Å². The van der Waals surface area contributed by atoms with Crippen molar-refractivity contribution in [1.82, 2.24) is 4.98 Å². The number of hydrogen-bond acceptors (Lipinski definition) is 3. The van der Waals surface area contributed by atoms with Crippen LogP contribution in [0.25, 0.3) is 0 Å². The number of hydrogen-bond donors (Lipinski definition) is 2. The van der Waals surface area contributed by atoms with E-state index in [-0.39, 0.29) is 17.0 Å². The van der Waals surface area contributed by atoms with Gasteiger partial charge in [-0.15, -0.1) is 0 Å². The number of nitrogens with one attached hydrogen (secondary N) is 2. The van der Waals surface area contributed by atoms with Crippen LogP contribution in [0.2, 0.25) is 0 Å². The molecule has 0 aliphatic heterocycles. The van der Waals surface area contributed by atoms with Gasteiger partial charge in [0, 0.05) is 24.0 Å². The van der Waals surface area contributed by atoms with Gasteiger partial charge in [-0.05, 0) is 31.2 Å². The number of rotatable bonds is 4. The highest BCUT2D eigenvalue weighted by molar-refractivity contribution is 6.02. The summed E-state index contributed by atoms with van der Waals surface area (Å²) in [5.41, 5.74) is 0.648. The summed E-state index contributed by atoms with van der Waals surface area (Å²) in [7, 11) is 0. The van der Waals surface area contributed by atoms with Gasteiger partial charge >= 0.3 is 0 Å². The lowest BCUT2D eigenvalue weighted by Crippen LogP contribution is -2.16. The summed E-state index contributed by atoms with van der Waals surface area (Å²) in [6, 6.07) is 9.63. The lowest BCUT2D eigenvalue weighted by Gasteiger charge is -2.06. The predicted molar refractivity (Wildman–Crippen MR) is 72.6 cm³/mol. The first kappa shape index (κ1) is 12.9. The quantitative estimate of drug-likeness (QED) is 0.881. The summed E-state index contributed by atoms with van der Waals surface area (Å²) in [4.78, 5) is 25.7. The summed E-state index contributed by atoms with van der Waals surface area (Å²) in [5, 5.41) is 2.69. The largest absolute Gasteiger partial charge is 0.494 e. The minimum absolute atomic E-state index is 0.212. The molecule has 2 N–H and O–H groups in total. The molecule has 19 heavy (non-hydrogen) atoms. The number of carbonyl (C=O) groups is 1. The Kier molecular flexibility index (Phi) is 3.97. The van der Waals surface area contributed by atoms with Crippen LogP contribution in [0.1, 0.15) is 17.4 Å². The van der Waals surface area contributed by atoms with Gasteiger partial charge in [-0.25, -0.2) is 0 Å². The van der Waals surface area contributed by atoms with Crippen LogP contribution in [0.5, 0.6) is 5.75 Å². The highest BCUT2D eigenvalue weighted by atomic mass is 16.5. The van der Waals surface area contributed by atoms with Crippen LogP contribution in [-0.2, 0) is 0 Å². The van der Waals surface area contributed by atoms with E-state index in [0.717, 1.165) is 5.75 Å². The van der Waals surface area contributed by atoms with Crippen molar-refractivity contribution >= 4 is 11.6 Å². The number of benzene rings is 1. The number of H-pyrrole nitrogens is 1. The lowest BCUT2D eigenvalue weighted by molar-refractivity contribution is 0.102. The van der Waals surface area contributed by atoms with E-state index in [1.807, 2.05) is 6.92 Å². The van der Waals surface area contributed by atoms with Crippen LogP contribution in [0, 0.1) is 0 Å².